The third kappa shape index (κ3) is 5.12. The maximum absolute atomic E-state index is 13.4. The lowest BCUT2D eigenvalue weighted by atomic mass is 9.79. The first kappa shape index (κ1) is 25.0. The van der Waals surface area contributed by atoms with E-state index < -0.39 is 5.41 Å². The summed E-state index contributed by atoms with van der Waals surface area (Å²) < 4.78 is 11.0. The second kappa shape index (κ2) is 10.8. The van der Waals surface area contributed by atoms with Crippen molar-refractivity contribution in [2.24, 2.45) is 5.10 Å². The van der Waals surface area contributed by atoms with Gasteiger partial charge in [-0.15, -0.1) is 0 Å². The molecule has 0 radical (unpaired) electrons. The highest BCUT2D eigenvalue weighted by atomic mass is 35.5. The summed E-state index contributed by atoms with van der Waals surface area (Å²) in [5.41, 5.74) is 2.84. The van der Waals surface area contributed by atoms with Crippen LogP contribution in [0.25, 0.3) is 0 Å². The molecule has 37 heavy (non-hydrogen) atoms. The first-order chi connectivity index (χ1) is 18.0. The van der Waals surface area contributed by atoms with Gasteiger partial charge in [0.15, 0.2) is 6.61 Å². The molecular formula is C30H29ClN2O4. The third-order valence-corrected chi connectivity index (χ3v) is 7.60. The number of ether oxygens (including phenoxy) is 2. The van der Waals surface area contributed by atoms with Gasteiger partial charge in [0, 0.05) is 11.4 Å². The quantitative estimate of drug-likeness (QED) is 0.357. The van der Waals surface area contributed by atoms with Crippen molar-refractivity contribution in [3.8, 4) is 5.75 Å². The van der Waals surface area contributed by atoms with Gasteiger partial charge in [0.25, 0.3) is 5.91 Å². The number of hydrazone groups is 1. The van der Waals surface area contributed by atoms with Gasteiger partial charge in [0.1, 0.15) is 5.75 Å². The van der Waals surface area contributed by atoms with Crippen LogP contribution in [0.2, 0.25) is 5.02 Å². The van der Waals surface area contributed by atoms with Crippen LogP contribution in [0, 0.1) is 0 Å². The molecule has 0 aromatic heterocycles. The van der Waals surface area contributed by atoms with Gasteiger partial charge >= 0.3 is 5.97 Å². The molecule has 0 unspecified atom stereocenters. The zero-order valence-corrected chi connectivity index (χ0v) is 21.5. The number of methoxy groups -OCH3 is 1. The molecule has 1 aliphatic heterocycles. The van der Waals surface area contributed by atoms with E-state index in [2.05, 4.69) is 5.10 Å². The van der Waals surface area contributed by atoms with Crippen LogP contribution in [0.4, 0.5) is 0 Å². The van der Waals surface area contributed by atoms with Crippen LogP contribution in [0.3, 0.4) is 0 Å². The fourth-order valence-corrected chi connectivity index (χ4v) is 5.45. The lowest BCUT2D eigenvalue weighted by Gasteiger charge is -2.28. The summed E-state index contributed by atoms with van der Waals surface area (Å²) in [6.45, 7) is -0.369. The molecule has 1 saturated carbocycles. The SMILES string of the molecule is COc1ccc([C@H]2CC(c3ccccc3)=NN2C(=O)COC(=O)C2(c3ccc(Cl)cc3)CCCC2)cc1. The van der Waals surface area contributed by atoms with E-state index in [1.807, 2.05) is 66.7 Å². The first-order valence-corrected chi connectivity index (χ1v) is 12.9. The number of carbonyl (C=O) groups excluding carboxylic acids is 2. The molecule has 6 nitrogen and oxygen atoms in total. The summed E-state index contributed by atoms with van der Waals surface area (Å²) in [7, 11) is 1.62. The van der Waals surface area contributed by atoms with Gasteiger partial charge in [0.05, 0.1) is 24.3 Å². The van der Waals surface area contributed by atoms with Crippen molar-refractivity contribution < 1.29 is 19.1 Å². The van der Waals surface area contributed by atoms with E-state index in [0.29, 0.717) is 24.3 Å². The largest absolute Gasteiger partial charge is 0.497 e. The molecule has 0 spiro atoms. The number of nitrogens with zero attached hydrogens (tertiary/aromatic N) is 2. The Balaban J connectivity index is 1.36. The van der Waals surface area contributed by atoms with Gasteiger partial charge in [-0.2, -0.15) is 5.10 Å². The van der Waals surface area contributed by atoms with Crippen molar-refractivity contribution in [1.29, 1.82) is 0 Å². The van der Waals surface area contributed by atoms with Gasteiger partial charge in [0.2, 0.25) is 0 Å². The highest BCUT2D eigenvalue weighted by molar-refractivity contribution is 6.30. The molecule has 1 aliphatic carbocycles. The molecule has 3 aromatic carbocycles. The average Bonchev–Trinajstić information content (AvgIpc) is 3.62. The fraction of sp³-hybridized carbons (Fsp3) is 0.300. The van der Waals surface area contributed by atoms with Gasteiger partial charge in [-0.1, -0.05) is 79.0 Å². The Morgan fingerprint density at radius 3 is 2.30 bits per heavy atom. The Morgan fingerprint density at radius 2 is 1.65 bits per heavy atom. The molecular weight excluding hydrogens is 488 g/mol. The molecule has 2 aliphatic rings. The standard InChI is InChI=1S/C30H29ClN2O4/c1-36-25-15-9-22(10-16-25)27-19-26(21-7-3-2-4-8-21)32-33(27)28(34)20-37-29(35)30(17-5-6-18-30)23-11-13-24(31)14-12-23/h2-4,7-16,27H,5-6,17-20H2,1H3/t27-/m1/s1. The highest BCUT2D eigenvalue weighted by Gasteiger charge is 2.45. The van der Waals surface area contributed by atoms with Gasteiger partial charge in [-0.3, -0.25) is 9.59 Å². The fourth-order valence-electron chi connectivity index (χ4n) is 5.32. The molecule has 0 saturated heterocycles. The van der Waals surface area contributed by atoms with E-state index in [1.54, 1.807) is 19.2 Å². The summed E-state index contributed by atoms with van der Waals surface area (Å²) in [6.07, 6.45) is 3.81. The lowest BCUT2D eigenvalue weighted by Crippen LogP contribution is -2.38. The Kier molecular flexibility index (Phi) is 7.28. The second-order valence-corrected chi connectivity index (χ2v) is 9.95. The number of benzene rings is 3. The molecule has 1 amide bonds. The number of amides is 1. The molecule has 1 heterocycles. The molecule has 5 rings (SSSR count). The molecule has 0 N–H and O–H groups in total. The summed E-state index contributed by atoms with van der Waals surface area (Å²) in [4.78, 5) is 26.8. The van der Waals surface area contributed by atoms with E-state index in [-0.39, 0.29) is 24.5 Å². The minimum absolute atomic E-state index is 0.302. The summed E-state index contributed by atoms with van der Waals surface area (Å²) >= 11 is 6.07. The monoisotopic (exact) mass is 516 g/mol. The Hall–Kier alpha value is -3.64. The van der Waals surface area contributed by atoms with Crippen molar-refractivity contribution in [1.82, 2.24) is 5.01 Å². The Labute approximate surface area is 221 Å². The Bertz CT molecular complexity index is 1280. The highest BCUT2D eigenvalue weighted by Crippen LogP contribution is 2.42. The van der Waals surface area contributed by atoms with E-state index >= 15 is 0 Å². The van der Waals surface area contributed by atoms with Gasteiger partial charge in [-0.05, 0) is 53.8 Å². The van der Waals surface area contributed by atoms with Crippen molar-refractivity contribution >= 4 is 29.2 Å². The maximum Gasteiger partial charge on any atom is 0.317 e. The molecule has 0 bridgehead atoms. The van der Waals surface area contributed by atoms with Crippen LogP contribution >= 0.6 is 11.6 Å². The van der Waals surface area contributed by atoms with Crippen LogP contribution in [0.15, 0.2) is 84.0 Å². The molecule has 7 heteroatoms. The third-order valence-electron chi connectivity index (χ3n) is 7.34. The Morgan fingerprint density at radius 1 is 0.973 bits per heavy atom. The lowest BCUT2D eigenvalue weighted by molar-refractivity contribution is -0.157. The van der Waals surface area contributed by atoms with Crippen LogP contribution in [0.1, 0.15) is 54.8 Å². The van der Waals surface area contributed by atoms with E-state index in [1.165, 1.54) is 5.01 Å². The van der Waals surface area contributed by atoms with Crippen LogP contribution in [0.5, 0.6) is 5.75 Å². The van der Waals surface area contributed by atoms with Crippen molar-refractivity contribution in [2.75, 3.05) is 13.7 Å². The second-order valence-electron chi connectivity index (χ2n) is 9.52. The van der Waals surface area contributed by atoms with Crippen LogP contribution in [-0.2, 0) is 19.7 Å². The minimum atomic E-state index is -0.746. The maximum atomic E-state index is 13.4. The first-order valence-electron chi connectivity index (χ1n) is 12.5. The van der Waals surface area contributed by atoms with Crippen molar-refractivity contribution in [3.63, 3.8) is 0 Å². The van der Waals surface area contributed by atoms with E-state index in [9.17, 15) is 9.59 Å². The molecule has 1 atom stereocenters. The predicted molar refractivity (Wildman–Crippen MR) is 143 cm³/mol. The normalized spacial score (nSPS) is 18.4. The van der Waals surface area contributed by atoms with Crippen molar-refractivity contribution in [2.45, 2.75) is 43.6 Å². The summed E-state index contributed by atoms with van der Waals surface area (Å²) in [5.74, 6) is 0.0132. The number of hydrogen-bond donors (Lipinski definition) is 0. The van der Waals surface area contributed by atoms with E-state index in [0.717, 1.165) is 41.0 Å². The molecule has 1 fully saturated rings. The predicted octanol–water partition coefficient (Wildman–Crippen LogP) is 6.08. The summed E-state index contributed by atoms with van der Waals surface area (Å²) in [5, 5.41) is 6.76. The number of hydrogen-bond acceptors (Lipinski definition) is 5. The minimum Gasteiger partial charge on any atom is -0.497 e. The zero-order chi connectivity index (χ0) is 25.8. The summed E-state index contributed by atoms with van der Waals surface area (Å²) in [6, 6.07) is 24.5. The van der Waals surface area contributed by atoms with Gasteiger partial charge < -0.3 is 9.47 Å². The van der Waals surface area contributed by atoms with Crippen LogP contribution < -0.4 is 4.74 Å². The number of esters is 1. The zero-order valence-electron chi connectivity index (χ0n) is 20.7. The average molecular weight is 517 g/mol. The smallest absolute Gasteiger partial charge is 0.317 e. The van der Waals surface area contributed by atoms with Crippen molar-refractivity contribution in [3.05, 3.63) is 101 Å². The van der Waals surface area contributed by atoms with E-state index in [4.69, 9.17) is 21.1 Å². The number of carbonyl (C=O) groups is 2. The number of rotatable bonds is 7. The van der Waals surface area contributed by atoms with Gasteiger partial charge in [-0.25, -0.2) is 5.01 Å². The number of halogens is 1. The molecule has 190 valence electrons. The topological polar surface area (TPSA) is 68.2 Å². The molecule has 3 aromatic rings. The van der Waals surface area contributed by atoms with Crippen LogP contribution in [-0.4, -0.2) is 36.3 Å².